The fraction of sp³-hybridized carbons (Fsp3) is 0.185. The molecule has 2 N–H and O–H groups in total. The molecule has 8 nitrogen and oxygen atoms in total. The molecule has 1 amide bonds. The number of amides is 1. The van der Waals surface area contributed by atoms with Gasteiger partial charge in [0.1, 0.15) is 16.2 Å². The molecule has 3 aromatic carbocycles. The van der Waals surface area contributed by atoms with E-state index in [1.165, 1.54) is 29.5 Å². The third kappa shape index (κ3) is 3.03. The predicted molar refractivity (Wildman–Crippen MR) is 141 cm³/mol. The number of halogens is 1. The van der Waals surface area contributed by atoms with Crippen molar-refractivity contribution in [3.05, 3.63) is 102 Å². The zero-order chi connectivity index (χ0) is 26.3. The summed E-state index contributed by atoms with van der Waals surface area (Å²) in [4.78, 5) is 39.4. The average Bonchev–Trinajstić information content (AvgIpc) is 3.41. The van der Waals surface area contributed by atoms with Gasteiger partial charge in [0.2, 0.25) is 11.3 Å². The minimum Gasteiger partial charge on any atom is -0.454 e. The molecule has 0 bridgehead atoms. The number of carbonyl (C=O) groups excluding carboxylic acids is 2. The number of nitrogens with one attached hydrogen (secondary N) is 1. The topological polar surface area (TPSA) is 119 Å². The van der Waals surface area contributed by atoms with E-state index in [2.05, 4.69) is 21.2 Å². The van der Waals surface area contributed by atoms with Crippen molar-refractivity contribution in [2.45, 2.75) is 31.1 Å². The molecular formula is C27H19BrN2O6S. The highest BCUT2D eigenvalue weighted by Gasteiger charge is 2.73. The van der Waals surface area contributed by atoms with Gasteiger partial charge in [-0.05, 0) is 39.5 Å². The normalized spacial score (nSPS) is 21.5. The van der Waals surface area contributed by atoms with E-state index >= 15 is 0 Å². The molecule has 2 aliphatic rings. The van der Waals surface area contributed by atoms with E-state index in [1.54, 1.807) is 18.2 Å². The van der Waals surface area contributed by atoms with Crippen LogP contribution in [0.5, 0.6) is 5.75 Å². The second-order valence-corrected chi connectivity index (χ2v) is 11.2. The Labute approximate surface area is 223 Å². The highest BCUT2D eigenvalue weighted by atomic mass is 79.9. The Morgan fingerprint density at radius 3 is 2.59 bits per heavy atom. The van der Waals surface area contributed by atoms with Crippen LogP contribution in [0.1, 0.15) is 56.5 Å². The van der Waals surface area contributed by atoms with Crippen LogP contribution in [-0.4, -0.2) is 21.7 Å². The summed E-state index contributed by atoms with van der Waals surface area (Å²) in [5.74, 6) is -3.45. The van der Waals surface area contributed by atoms with Crippen LogP contribution in [0, 0.1) is 10.1 Å². The lowest BCUT2D eigenvalue weighted by Crippen LogP contribution is -2.60. The molecule has 4 aromatic rings. The Kier molecular flexibility index (Phi) is 5.11. The molecular weight excluding hydrogens is 560 g/mol. The molecule has 0 fully saturated rings. The van der Waals surface area contributed by atoms with Crippen LogP contribution >= 0.6 is 27.3 Å². The highest BCUT2D eigenvalue weighted by Crippen LogP contribution is 2.59. The van der Waals surface area contributed by atoms with Crippen LogP contribution in [-0.2, 0) is 11.3 Å². The Bertz CT molecular complexity index is 1680. The van der Waals surface area contributed by atoms with Gasteiger partial charge < -0.3 is 15.2 Å². The summed E-state index contributed by atoms with van der Waals surface area (Å²) in [6.07, 6.45) is 0. The summed E-state index contributed by atoms with van der Waals surface area (Å²) < 4.78 is 7.46. The Morgan fingerprint density at radius 1 is 1.14 bits per heavy atom. The van der Waals surface area contributed by atoms with Gasteiger partial charge in [0.25, 0.3) is 17.4 Å². The molecule has 2 unspecified atom stereocenters. The maximum atomic E-state index is 14.2. The first kappa shape index (κ1) is 23.8. The van der Waals surface area contributed by atoms with Crippen LogP contribution in [0.3, 0.4) is 0 Å². The number of fused-ring (bicyclic) bond motifs is 6. The van der Waals surface area contributed by atoms with E-state index in [9.17, 15) is 24.8 Å². The number of aliphatic hydroxyl groups is 1. The van der Waals surface area contributed by atoms with Gasteiger partial charge >= 0.3 is 0 Å². The smallest absolute Gasteiger partial charge is 0.280 e. The lowest BCUT2D eigenvalue weighted by molar-refractivity contribution is -0.385. The monoisotopic (exact) mass is 578 g/mol. The molecule has 2 atom stereocenters. The van der Waals surface area contributed by atoms with Gasteiger partial charge in [0, 0.05) is 31.8 Å². The van der Waals surface area contributed by atoms with E-state index in [0.29, 0.717) is 9.35 Å². The fourth-order valence-electron chi connectivity index (χ4n) is 5.24. The van der Waals surface area contributed by atoms with Crippen molar-refractivity contribution in [3.8, 4) is 5.75 Å². The van der Waals surface area contributed by atoms with E-state index in [0.717, 1.165) is 15.6 Å². The lowest BCUT2D eigenvalue weighted by Gasteiger charge is -2.34. The van der Waals surface area contributed by atoms with E-state index in [-0.39, 0.29) is 28.4 Å². The number of nitro groups is 1. The maximum Gasteiger partial charge on any atom is 0.280 e. The van der Waals surface area contributed by atoms with E-state index in [4.69, 9.17) is 4.74 Å². The number of nitrogens with zero attached hydrogens (tertiary/aromatic N) is 1. The van der Waals surface area contributed by atoms with E-state index in [1.807, 2.05) is 38.1 Å². The van der Waals surface area contributed by atoms with Crippen LogP contribution in [0.25, 0.3) is 10.1 Å². The third-order valence-electron chi connectivity index (χ3n) is 7.06. The average molecular weight is 579 g/mol. The lowest BCUT2D eigenvalue weighted by atomic mass is 9.82. The number of carbonyl (C=O) groups is 2. The first-order valence-electron chi connectivity index (χ1n) is 11.5. The fourth-order valence-corrected chi connectivity index (χ4v) is 7.13. The number of benzene rings is 3. The van der Waals surface area contributed by atoms with Gasteiger partial charge in [-0.3, -0.25) is 19.7 Å². The van der Waals surface area contributed by atoms with Gasteiger partial charge in [-0.25, -0.2) is 0 Å². The van der Waals surface area contributed by atoms with Crippen molar-refractivity contribution < 1.29 is 24.4 Å². The number of hydrogen-bond acceptors (Lipinski definition) is 7. The van der Waals surface area contributed by atoms with Crippen molar-refractivity contribution in [2.75, 3.05) is 0 Å². The van der Waals surface area contributed by atoms with Crippen molar-refractivity contribution in [2.24, 2.45) is 0 Å². The molecule has 0 saturated heterocycles. The SMILES string of the molecule is CC(C)c1ccc2c(c1)OC1(O)c3cccc([N+](=O)[O-])c3C(=O)C21NC(=O)c1sc2ccccc2c1Br. The van der Waals surface area contributed by atoms with E-state index < -0.39 is 33.6 Å². The second-order valence-electron chi connectivity index (χ2n) is 9.39. The van der Waals surface area contributed by atoms with Gasteiger partial charge in [-0.15, -0.1) is 11.3 Å². The third-order valence-corrected chi connectivity index (χ3v) is 9.31. The predicted octanol–water partition coefficient (Wildman–Crippen LogP) is 5.75. The number of hydrogen-bond donors (Lipinski definition) is 2. The molecule has 37 heavy (non-hydrogen) atoms. The van der Waals surface area contributed by atoms with Crippen LogP contribution in [0.4, 0.5) is 5.69 Å². The van der Waals surface area contributed by atoms with Gasteiger partial charge in [0.05, 0.1) is 4.92 Å². The minimum absolute atomic E-state index is 0.0651. The maximum absolute atomic E-state index is 14.2. The zero-order valence-corrected chi connectivity index (χ0v) is 22.0. The van der Waals surface area contributed by atoms with Crippen molar-refractivity contribution in [1.82, 2.24) is 5.32 Å². The quantitative estimate of drug-likeness (QED) is 0.235. The summed E-state index contributed by atoms with van der Waals surface area (Å²) in [7, 11) is 0. The number of ether oxygens (including phenoxy) is 1. The van der Waals surface area contributed by atoms with Gasteiger partial charge in [0.15, 0.2) is 0 Å². The molecule has 0 spiro atoms. The molecule has 186 valence electrons. The number of rotatable bonds is 4. The van der Waals surface area contributed by atoms with Crippen molar-refractivity contribution in [1.29, 1.82) is 0 Å². The van der Waals surface area contributed by atoms with Gasteiger partial charge in [-0.2, -0.15) is 0 Å². The van der Waals surface area contributed by atoms with Crippen molar-refractivity contribution in [3.63, 3.8) is 0 Å². The van der Waals surface area contributed by atoms with Crippen LogP contribution in [0.15, 0.2) is 65.1 Å². The molecule has 0 saturated carbocycles. The zero-order valence-electron chi connectivity index (χ0n) is 19.6. The molecule has 1 aromatic heterocycles. The molecule has 10 heteroatoms. The molecule has 0 radical (unpaired) electrons. The van der Waals surface area contributed by atoms with Gasteiger partial charge in [-0.1, -0.05) is 56.3 Å². The number of Topliss-reactive ketones (excluding diaryl/α,β-unsaturated/α-hetero) is 1. The largest absolute Gasteiger partial charge is 0.454 e. The second kappa shape index (κ2) is 7.95. The summed E-state index contributed by atoms with van der Waals surface area (Å²) in [5, 5.41) is 27.5. The summed E-state index contributed by atoms with van der Waals surface area (Å²) >= 11 is 4.72. The standard InChI is InChI=1S/C27H19BrN2O6S/c1-13(2)14-10-11-16-19(12-14)36-27(33)17-7-5-8-18(30(34)35)21(17)24(31)26(16,27)29-25(32)23-22(28)15-6-3-4-9-20(15)37-23/h3-13,33H,1-2H3,(H,29,32). The molecule has 1 aliphatic heterocycles. The highest BCUT2D eigenvalue weighted by molar-refractivity contribution is 9.10. The Hall–Kier alpha value is -3.60. The molecule has 6 rings (SSSR count). The Morgan fingerprint density at radius 2 is 1.89 bits per heavy atom. The number of thiophene rings is 1. The Balaban J connectivity index is 1.58. The first-order valence-corrected chi connectivity index (χ1v) is 13.1. The minimum atomic E-state index is -2.39. The number of ketones is 1. The number of nitro benzene ring substituents is 1. The molecule has 2 heterocycles. The summed E-state index contributed by atoms with van der Waals surface area (Å²) in [6.45, 7) is 3.99. The van der Waals surface area contributed by atoms with Crippen LogP contribution < -0.4 is 10.1 Å². The summed E-state index contributed by atoms with van der Waals surface area (Å²) in [5.41, 5.74) is -1.80. The summed E-state index contributed by atoms with van der Waals surface area (Å²) in [6, 6.07) is 16.6. The van der Waals surface area contributed by atoms with Crippen molar-refractivity contribution >= 4 is 54.7 Å². The van der Waals surface area contributed by atoms with Crippen LogP contribution in [0.2, 0.25) is 0 Å². The first-order chi connectivity index (χ1) is 17.6. The molecule has 1 aliphatic carbocycles.